The molecular formula is C51H36B6N4O2. The predicted octanol–water partition coefficient (Wildman–Crippen LogP) is 2.99. The van der Waals surface area contributed by atoms with Crippen LogP contribution in [0.25, 0.3) is 117 Å². The molecule has 0 unspecified atom stereocenters. The SMILES string of the molecule is Bc1c(B)c(-n2c3ccccc3c3ccccc32)c2c(oc3c(B)c(-c4nc(-c5cccc(-c6ccccc6)c5)nc(-c5ccc6c(c5)oc5ccccc56)n4)c(B)c(B)c32)c1B. The first-order valence-corrected chi connectivity index (χ1v) is 21.5. The maximum atomic E-state index is 7.19. The maximum Gasteiger partial charge on any atom is 0.164 e. The van der Waals surface area contributed by atoms with Crippen molar-refractivity contribution in [3.05, 3.63) is 146 Å². The molecule has 0 amide bonds. The standard InChI is InChI=1S/C51H36B6N4O2/c52-40-37-38-46(61-33-18-7-4-15-29(33)30-16-5-8-19-34(30)61)44(56)43(55)45(57)48(38)63-47(37)42(54)39(41(40)53)51-59-49(27-14-10-13-26(23-27)25-11-2-1-3-12-25)58-50(60-51)28-21-22-32-31-17-6-9-20-35(31)62-36(32)24-28/h1-24H,52-57H2. The molecule has 0 saturated carbocycles. The van der Waals surface area contributed by atoms with Crippen molar-refractivity contribution in [1.82, 2.24) is 19.5 Å². The van der Waals surface area contributed by atoms with Gasteiger partial charge in [-0.1, -0.05) is 137 Å². The summed E-state index contributed by atoms with van der Waals surface area (Å²) in [5, 5.41) is 6.84. The molecule has 4 aromatic heterocycles. The van der Waals surface area contributed by atoms with Crippen LogP contribution in [0.5, 0.6) is 0 Å². The van der Waals surface area contributed by atoms with Crippen molar-refractivity contribution in [3.63, 3.8) is 0 Å². The first kappa shape index (κ1) is 37.3. The van der Waals surface area contributed by atoms with Crippen molar-refractivity contribution >= 4 is 146 Å². The van der Waals surface area contributed by atoms with E-state index in [0.29, 0.717) is 17.5 Å². The molecule has 0 bridgehead atoms. The highest BCUT2D eigenvalue weighted by Crippen LogP contribution is 2.38. The second-order valence-electron chi connectivity index (χ2n) is 16.9. The fourth-order valence-electron chi connectivity index (χ4n) is 9.99. The Balaban J connectivity index is 1.13. The highest BCUT2D eigenvalue weighted by atomic mass is 16.3. The van der Waals surface area contributed by atoms with Crippen LogP contribution in [0.4, 0.5) is 0 Å². The third-order valence-electron chi connectivity index (χ3n) is 13.5. The summed E-state index contributed by atoms with van der Waals surface area (Å²) in [6.45, 7) is 0. The van der Waals surface area contributed by atoms with E-state index in [4.69, 9.17) is 23.8 Å². The maximum absolute atomic E-state index is 7.19. The Morgan fingerprint density at radius 2 is 0.937 bits per heavy atom. The Morgan fingerprint density at radius 3 is 1.67 bits per heavy atom. The summed E-state index contributed by atoms with van der Waals surface area (Å²) in [4.78, 5) is 15.9. The summed E-state index contributed by atoms with van der Waals surface area (Å²) >= 11 is 0. The van der Waals surface area contributed by atoms with E-state index in [-0.39, 0.29) is 0 Å². The summed E-state index contributed by atoms with van der Waals surface area (Å²) in [6.07, 6.45) is 0. The number of rotatable bonds is 5. The number of furan rings is 2. The van der Waals surface area contributed by atoms with Crippen molar-refractivity contribution in [1.29, 1.82) is 0 Å². The second kappa shape index (κ2) is 14.0. The number of para-hydroxylation sites is 3. The number of benzene rings is 8. The van der Waals surface area contributed by atoms with Crippen molar-refractivity contribution in [2.75, 3.05) is 0 Å². The molecule has 0 aliphatic rings. The molecule has 12 heteroatoms. The van der Waals surface area contributed by atoms with Crippen LogP contribution in [0.3, 0.4) is 0 Å². The monoisotopic (exact) mass is 802 g/mol. The topological polar surface area (TPSA) is 69.9 Å². The van der Waals surface area contributed by atoms with Crippen LogP contribution in [0.2, 0.25) is 0 Å². The lowest BCUT2D eigenvalue weighted by atomic mass is 9.68. The largest absolute Gasteiger partial charge is 0.457 e. The highest BCUT2D eigenvalue weighted by molar-refractivity contribution is 6.64. The summed E-state index contributed by atoms with van der Waals surface area (Å²) in [7, 11) is 13.2. The third kappa shape index (κ3) is 5.57. The molecule has 4 heterocycles. The van der Waals surface area contributed by atoms with Gasteiger partial charge in [0.05, 0.1) is 22.1 Å². The van der Waals surface area contributed by atoms with Crippen LogP contribution in [-0.2, 0) is 0 Å². The second-order valence-corrected chi connectivity index (χ2v) is 16.9. The Bertz CT molecular complexity index is 3840. The molecule has 290 valence electrons. The highest BCUT2D eigenvalue weighted by Gasteiger charge is 2.27. The molecule has 0 spiro atoms. The number of hydrogen-bond donors (Lipinski definition) is 0. The first-order chi connectivity index (χ1) is 30.7. The Kier molecular flexibility index (Phi) is 8.32. The van der Waals surface area contributed by atoms with Crippen molar-refractivity contribution < 1.29 is 8.83 Å². The van der Waals surface area contributed by atoms with Gasteiger partial charge >= 0.3 is 0 Å². The van der Waals surface area contributed by atoms with E-state index in [1.54, 1.807) is 0 Å². The van der Waals surface area contributed by atoms with Crippen LogP contribution in [0.1, 0.15) is 0 Å². The fraction of sp³-hybridized carbons (Fsp3) is 0. The van der Waals surface area contributed by atoms with Gasteiger partial charge in [0.15, 0.2) is 17.5 Å². The molecular weight excluding hydrogens is 765 g/mol. The minimum atomic E-state index is 0.569. The molecule has 12 aromatic rings. The zero-order valence-corrected chi connectivity index (χ0v) is 36.0. The fourth-order valence-corrected chi connectivity index (χ4v) is 9.99. The Labute approximate surface area is 368 Å². The average Bonchev–Trinajstić information content (AvgIpc) is 4.01. The van der Waals surface area contributed by atoms with E-state index in [1.807, 2.05) is 24.3 Å². The number of aromatic nitrogens is 4. The molecule has 0 fully saturated rings. The minimum absolute atomic E-state index is 0.569. The smallest absolute Gasteiger partial charge is 0.164 e. The summed E-state index contributed by atoms with van der Waals surface area (Å²) < 4.78 is 16.0. The van der Waals surface area contributed by atoms with Gasteiger partial charge in [0.1, 0.15) is 69.4 Å². The summed E-state index contributed by atoms with van der Waals surface area (Å²) in [5.41, 5.74) is 18.6. The lowest BCUT2D eigenvalue weighted by molar-refractivity contribution is 0.669. The van der Waals surface area contributed by atoms with Gasteiger partial charge in [-0.05, 0) is 53.0 Å². The first-order valence-electron chi connectivity index (χ1n) is 21.5. The molecule has 0 aliphatic heterocycles. The zero-order valence-electron chi connectivity index (χ0n) is 36.0. The quantitative estimate of drug-likeness (QED) is 0.251. The molecule has 0 N–H and O–H groups in total. The van der Waals surface area contributed by atoms with E-state index in [9.17, 15) is 0 Å². The van der Waals surface area contributed by atoms with Gasteiger partial charge in [0.2, 0.25) is 0 Å². The van der Waals surface area contributed by atoms with E-state index >= 15 is 0 Å². The van der Waals surface area contributed by atoms with Gasteiger partial charge in [-0.3, -0.25) is 0 Å². The van der Waals surface area contributed by atoms with Crippen molar-refractivity contribution in [2.45, 2.75) is 0 Å². The predicted molar refractivity (Wildman–Crippen MR) is 280 cm³/mol. The lowest BCUT2D eigenvalue weighted by Gasteiger charge is -2.19. The molecule has 0 atom stereocenters. The molecule has 0 aliphatic carbocycles. The lowest BCUT2D eigenvalue weighted by Crippen LogP contribution is -2.41. The van der Waals surface area contributed by atoms with Gasteiger partial charge in [-0.15, -0.1) is 0 Å². The van der Waals surface area contributed by atoms with Crippen LogP contribution in [0.15, 0.2) is 154 Å². The van der Waals surface area contributed by atoms with Crippen LogP contribution in [-0.4, -0.2) is 66.6 Å². The van der Waals surface area contributed by atoms with Gasteiger partial charge in [0, 0.05) is 43.6 Å². The van der Waals surface area contributed by atoms with E-state index in [2.05, 4.69) is 173 Å². The van der Waals surface area contributed by atoms with E-state index < -0.39 is 0 Å². The molecule has 0 radical (unpaired) electrons. The van der Waals surface area contributed by atoms with E-state index in [1.165, 1.54) is 32.7 Å². The number of fused-ring (bicyclic) bond motifs is 9. The molecule has 12 rings (SSSR count). The van der Waals surface area contributed by atoms with Crippen molar-refractivity contribution in [3.8, 4) is 51.0 Å². The normalized spacial score (nSPS) is 11.9. The minimum Gasteiger partial charge on any atom is -0.457 e. The van der Waals surface area contributed by atoms with Gasteiger partial charge < -0.3 is 13.4 Å². The molecule has 63 heavy (non-hydrogen) atoms. The molecule has 6 nitrogen and oxygen atoms in total. The van der Waals surface area contributed by atoms with Crippen LogP contribution < -0.4 is 32.8 Å². The van der Waals surface area contributed by atoms with Gasteiger partial charge in [-0.25, -0.2) is 15.0 Å². The Hall–Kier alpha value is -7.44. The van der Waals surface area contributed by atoms with Crippen LogP contribution >= 0.6 is 0 Å². The zero-order chi connectivity index (χ0) is 42.7. The molecule has 8 aromatic carbocycles. The number of nitrogens with zero attached hydrogens (tertiary/aromatic N) is 4. The summed E-state index contributed by atoms with van der Waals surface area (Å²) in [6, 6.07) is 50.7. The summed E-state index contributed by atoms with van der Waals surface area (Å²) in [5.74, 6) is 1.76. The third-order valence-corrected chi connectivity index (χ3v) is 13.5. The van der Waals surface area contributed by atoms with Crippen LogP contribution in [0, 0.1) is 0 Å². The molecule has 0 saturated heterocycles. The average molecular weight is 802 g/mol. The van der Waals surface area contributed by atoms with Crippen molar-refractivity contribution in [2.24, 2.45) is 0 Å². The Morgan fingerprint density at radius 1 is 0.365 bits per heavy atom. The van der Waals surface area contributed by atoms with E-state index in [0.717, 1.165) is 99.2 Å². The number of hydrogen-bond acceptors (Lipinski definition) is 5. The van der Waals surface area contributed by atoms with Gasteiger partial charge in [-0.2, -0.15) is 0 Å². The van der Waals surface area contributed by atoms with Gasteiger partial charge in [0.25, 0.3) is 0 Å².